The van der Waals surface area contributed by atoms with Crippen LogP contribution in [0.1, 0.15) is 10.5 Å². The Labute approximate surface area is 156 Å². The predicted molar refractivity (Wildman–Crippen MR) is 98.0 cm³/mol. The molecule has 1 aromatic heterocycles. The summed E-state index contributed by atoms with van der Waals surface area (Å²) in [5.74, 6) is 0.431. The van der Waals surface area contributed by atoms with Crippen molar-refractivity contribution in [1.82, 2.24) is 9.78 Å². The fraction of sp³-hybridized carbons (Fsp3) is 0.150. The van der Waals surface area contributed by atoms with E-state index in [-0.39, 0.29) is 12.3 Å². The predicted octanol–water partition coefficient (Wildman–Crippen LogP) is 3.24. The molecule has 136 valence electrons. The van der Waals surface area contributed by atoms with Crippen LogP contribution in [-0.4, -0.2) is 36.6 Å². The van der Waals surface area contributed by atoms with E-state index in [1.165, 1.54) is 7.11 Å². The number of benzene rings is 2. The molecule has 0 bridgehead atoms. The van der Waals surface area contributed by atoms with Crippen molar-refractivity contribution >= 4 is 5.97 Å². The number of carbonyl (C=O) groups excluding carboxylic acids is 1. The zero-order valence-corrected chi connectivity index (χ0v) is 14.9. The molecule has 0 aliphatic rings. The third-order valence-corrected chi connectivity index (χ3v) is 3.89. The number of nitrogens with zero attached hydrogens (tertiary/aromatic N) is 3. The van der Waals surface area contributed by atoms with Crippen LogP contribution in [-0.2, 0) is 4.74 Å². The number of para-hydroxylation sites is 1. The van der Waals surface area contributed by atoms with E-state index >= 15 is 0 Å². The summed E-state index contributed by atoms with van der Waals surface area (Å²) in [4.78, 5) is 12.4. The highest BCUT2D eigenvalue weighted by molar-refractivity contribution is 5.95. The van der Waals surface area contributed by atoms with Crippen molar-refractivity contribution in [2.45, 2.75) is 0 Å². The molecule has 0 atom stereocenters. The largest absolute Gasteiger partial charge is 0.493 e. The van der Waals surface area contributed by atoms with Crippen molar-refractivity contribution < 1.29 is 19.0 Å². The van der Waals surface area contributed by atoms with E-state index in [1.807, 2.05) is 30.3 Å². The molecule has 1 heterocycles. The number of aromatic nitrogens is 2. The summed E-state index contributed by atoms with van der Waals surface area (Å²) in [6.07, 6.45) is 1.74. The molecule has 0 aliphatic carbocycles. The average molecular weight is 363 g/mol. The summed E-state index contributed by atoms with van der Waals surface area (Å²) in [7, 11) is 3.09. The van der Waals surface area contributed by atoms with E-state index in [1.54, 1.807) is 42.3 Å². The summed E-state index contributed by atoms with van der Waals surface area (Å²) >= 11 is 0. The van der Waals surface area contributed by atoms with Crippen LogP contribution in [0, 0.1) is 11.3 Å². The van der Waals surface area contributed by atoms with Gasteiger partial charge in [0, 0.05) is 11.8 Å². The third-order valence-electron chi connectivity index (χ3n) is 3.89. The Morgan fingerprint density at radius 2 is 1.85 bits per heavy atom. The Bertz CT molecular complexity index is 990. The molecule has 7 heteroatoms. The minimum Gasteiger partial charge on any atom is -0.493 e. The smallest absolute Gasteiger partial charge is 0.360 e. The van der Waals surface area contributed by atoms with Gasteiger partial charge in [-0.15, -0.1) is 0 Å². The topological polar surface area (TPSA) is 86.4 Å². The Morgan fingerprint density at radius 3 is 2.52 bits per heavy atom. The molecule has 0 N–H and O–H groups in total. The molecule has 2 aromatic carbocycles. The standard InChI is InChI=1S/C20H17N3O4/c1-25-17-9-8-14(12-18(17)26-2)16-13-23(15-6-4-3-5-7-15)22-19(16)20(24)27-11-10-21/h3-9,12-13H,11H2,1-2H3. The van der Waals surface area contributed by atoms with E-state index in [2.05, 4.69) is 5.10 Å². The highest BCUT2D eigenvalue weighted by atomic mass is 16.5. The molecule has 0 aliphatic heterocycles. The fourth-order valence-electron chi connectivity index (χ4n) is 2.62. The van der Waals surface area contributed by atoms with Crippen LogP contribution in [0.4, 0.5) is 0 Å². The number of rotatable bonds is 6. The number of carbonyl (C=O) groups is 1. The van der Waals surface area contributed by atoms with Gasteiger partial charge >= 0.3 is 5.97 Å². The van der Waals surface area contributed by atoms with Crippen molar-refractivity contribution in [3.8, 4) is 34.4 Å². The highest BCUT2D eigenvalue weighted by Gasteiger charge is 2.21. The van der Waals surface area contributed by atoms with E-state index in [9.17, 15) is 4.79 Å². The maximum absolute atomic E-state index is 12.4. The van der Waals surface area contributed by atoms with Gasteiger partial charge in [-0.2, -0.15) is 10.4 Å². The molecule has 27 heavy (non-hydrogen) atoms. The van der Waals surface area contributed by atoms with Gasteiger partial charge in [0.25, 0.3) is 0 Å². The van der Waals surface area contributed by atoms with Gasteiger partial charge in [-0.1, -0.05) is 24.3 Å². The van der Waals surface area contributed by atoms with Crippen molar-refractivity contribution in [3.63, 3.8) is 0 Å². The highest BCUT2D eigenvalue weighted by Crippen LogP contribution is 2.34. The SMILES string of the molecule is COc1ccc(-c2cn(-c3ccccc3)nc2C(=O)OCC#N)cc1OC. The van der Waals surface area contributed by atoms with Crippen LogP contribution in [0.2, 0.25) is 0 Å². The van der Waals surface area contributed by atoms with Crippen molar-refractivity contribution in [3.05, 3.63) is 60.4 Å². The van der Waals surface area contributed by atoms with Crippen LogP contribution in [0.15, 0.2) is 54.7 Å². The molecule has 0 radical (unpaired) electrons. The van der Waals surface area contributed by atoms with Gasteiger partial charge in [0.05, 0.1) is 19.9 Å². The number of esters is 1. The van der Waals surface area contributed by atoms with Gasteiger partial charge in [0.1, 0.15) is 6.07 Å². The maximum atomic E-state index is 12.4. The van der Waals surface area contributed by atoms with Gasteiger partial charge in [-0.25, -0.2) is 9.48 Å². The molecular weight excluding hydrogens is 346 g/mol. The molecule has 0 saturated carbocycles. The Hall–Kier alpha value is -3.79. The van der Waals surface area contributed by atoms with Crippen molar-refractivity contribution in [2.75, 3.05) is 20.8 Å². The summed E-state index contributed by atoms with van der Waals surface area (Å²) in [6.45, 7) is -0.345. The first kappa shape index (κ1) is 18.0. The van der Waals surface area contributed by atoms with Crippen molar-refractivity contribution in [1.29, 1.82) is 5.26 Å². The number of ether oxygens (including phenoxy) is 3. The maximum Gasteiger partial charge on any atom is 0.360 e. The van der Waals surface area contributed by atoms with E-state index in [0.29, 0.717) is 22.6 Å². The van der Waals surface area contributed by atoms with Crippen LogP contribution < -0.4 is 9.47 Å². The number of methoxy groups -OCH3 is 2. The molecule has 0 unspecified atom stereocenters. The van der Waals surface area contributed by atoms with Crippen molar-refractivity contribution in [2.24, 2.45) is 0 Å². The molecule has 3 rings (SSSR count). The zero-order valence-electron chi connectivity index (χ0n) is 14.9. The normalized spacial score (nSPS) is 10.1. The number of nitriles is 1. The number of hydrogen-bond donors (Lipinski definition) is 0. The summed E-state index contributed by atoms with van der Waals surface area (Å²) in [5.41, 5.74) is 2.17. The first-order chi connectivity index (χ1) is 13.2. The first-order valence-corrected chi connectivity index (χ1v) is 8.09. The number of hydrogen-bond acceptors (Lipinski definition) is 6. The minimum absolute atomic E-state index is 0.112. The van der Waals surface area contributed by atoms with Crippen LogP contribution in [0.3, 0.4) is 0 Å². The van der Waals surface area contributed by atoms with Gasteiger partial charge < -0.3 is 14.2 Å². The van der Waals surface area contributed by atoms with Gasteiger partial charge in [0.15, 0.2) is 23.8 Å². The third kappa shape index (κ3) is 3.75. The molecule has 0 amide bonds. The lowest BCUT2D eigenvalue weighted by molar-refractivity contribution is 0.0548. The van der Waals surface area contributed by atoms with Crippen LogP contribution in [0.25, 0.3) is 16.8 Å². The van der Waals surface area contributed by atoms with Crippen LogP contribution >= 0.6 is 0 Å². The molecule has 3 aromatic rings. The van der Waals surface area contributed by atoms with E-state index < -0.39 is 5.97 Å². The lowest BCUT2D eigenvalue weighted by atomic mass is 10.1. The lowest BCUT2D eigenvalue weighted by Gasteiger charge is -2.09. The lowest BCUT2D eigenvalue weighted by Crippen LogP contribution is -2.08. The van der Waals surface area contributed by atoms with Crippen LogP contribution in [0.5, 0.6) is 11.5 Å². The Balaban J connectivity index is 2.11. The fourth-order valence-corrected chi connectivity index (χ4v) is 2.62. The Morgan fingerprint density at radius 1 is 1.11 bits per heavy atom. The minimum atomic E-state index is -0.670. The zero-order chi connectivity index (χ0) is 19.2. The Kier molecular flexibility index (Phi) is 5.38. The molecule has 7 nitrogen and oxygen atoms in total. The second-order valence-corrected chi connectivity index (χ2v) is 5.48. The van der Waals surface area contributed by atoms with Gasteiger partial charge in [-0.05, 0) is 29.8 Å². The quantitative estimate of drug-likeness (QED) is 0.625. The van der Waals surface area contributed by atoms with E-state index in [0.717, 1.165) is 5.69 Å². The monoisotopic (exact) mass is 363 g/mol. The second-order valence-electron chi connectivity index (χ2n) is 5.48. The molecule has 0 fully saturated rings. The summed E-state index contributed by atoms with van der Waals surface area (Å²) in [5, 5.41) is 13.0. The van der Waals surface area contributed by atoms with Gasteiger partial charge in [-0.3, -0.25) is 0 Å². The summed E-state index contributed by atoms with van der Waals surface area (Å²) in [6, 6.07) is 16.5. The first-order valence-electron chi connectivity index (χ1n) is 8.09. The van der Waals surface area contributed by atoms with Gasteiger partial charge in [0.2, 0.25) is 0 Å². The van der Waals surface area contributed by atoms with E-state index in [4.69, 9.17) is 19.5 Å². The molecule has 0 spiro atoms. The second kappa shape index (κ2) is 8.06. The molecule has 0 saturated heterocycles. The average Bonchev–Trinajstić information content (AvgIpc) is 3.17. The molecular formula is C20H17N3O4. The summed E-state index contributed by atoms with van der Waals surface area (Å²) < 4.78 is 17.2.